The average molecular weight is 271 g/mol. The van der Waals surface area contributed by atoms with E-state index >= 15 is 0 Å². The molecule has 1 unspecified atom stereocenters. The number of hydrogen-bond donors (Lipinski definition) is 0. The van der Waals surface area contributed by atoms with Gasteiger partial charge in [-0.15, -0.1) is 0 Å². The molecule has 0 N–H and O–H groups in total. The van der Waals surface area contributed by atoms with Crippen LogP contribution in [0, 0.1) is 0 Å². The summed E-state index contributed by atoms with van der Waals surface area (Å²) in [5.41, 5.74) is -0.0212. The molecule has 0 aliphatic rings. The minimum absolute atomic E-state index is 0. The summed E-state index contributed by atoms with van der Waals surface area (Å²) in [5.74, 6) is 0.983. The van der Waals surface area contributed by atoms with Crippen molar-refractivity contribution >= 4 is 5.84 Å². The van der Waals surface area contributed by atoms with Crippen molar-refractivity contribution in [2.24, 2.45) is 4.99 Å². The first-order valence-electron chi connectivity index (χ1n) is 5.69. The van der Waals surface area contributed by atoms with Gasteiger partial charge >= 0.3 is 0 Å². The summed E-state index contributed by atoms with van der Waals surface area (Å²) < 4.78 is 0. The van der Waals surface area contributed by atoms with Crippen LogP contribution < -0.4 is 0 Å². The molecule has 0 heterocycles. The summed E-state index contributed by atoms with van der Waals surface area (Å²) in [6, 6.07) is 0.320. The van der Waals surface area contributed by atoms with Crippen LogP contribution in [-0.2, 0) is 16.5 Å². The van der Waals surface area contributed by atoms with Gasteiger partial charge in [-0.25, -0.2) is 0 Å². The van der Waals surface area contributed by atoms with Crippen molar-refractivity contribution in [2.75, 3.05) is 20.6 Å². The van der Waals surface area contributed by atoms with Crippen LogP contribution in [0.4, 0.5) is 0 Å². The molecule has 4 heteroatoms. The monoisotopic (exact) mass is 270 g/mol. The van der Waals surface area contributed by atoms with E-state index in [1.807, 2.05) is 0 Å². The molecule has 0 saturated carbocycles. The molecular formula is C12H26N3Ni-. The van der Waals surface area contributed by atoms with Gasteiger partial charge in [-0.1, -0.05) is 40.5 Å². The first-order chi connectivity index (χ1) is 6.74. The van der Waals surface area contributed by atoms with Crippen LogP contribution in [0.3, 0.4) is 0 Å². The van der Waals surface area contributed by atoms with Crippen LogP contribution in [0.5, 0.6) is 0 Å². The summed E-state index contributed by atoms with van der Waals surface area (Å²) >= 11 is 0. The third-order valence-corrected chi connectivity index (χ3v) is 1.78. The minimum Gasteiger partial charge on any atom is -0.465 e. The number of likely N-dealkylation sites (N-methyl/N-ethyl adjacent to an activating group) is 1. The SMILES string of the molecule is CCC(=NC(C)(C)C)[N-]C(C)CN(C)C.[Ni]. The molecule has 0 fully saturated rings. The molecule has 0 amide bonds. The topological polar surface area (TPSA) is 29.7 Å². The molecular weight excluding hydrogens is 245 g/mol. The zero-order valence-corrected chi connectivity index (χ0v) is 12.6. The van der Waals surface area contributed by atoms with Gasteiger partial charge in [-0.05, 0) is 38.6 Å². The molecule has 0 radical (unpaired) electrons. The fourth-order valence-corrected chi connectivity index (χ4v) is 1.41. The van der Waals surface area contributed by atoms with Gasteiger partial charge in [0.05, 0.1) is 0 Å². The second kappa shape index (κ2) is 8.08. The van der Waals surface area contributed by atoms with Crippen molar-refractivity contribution < 1.29 is 16.5 Å². The summed E-state index contributed by atoms with van der Waals surface area (Å²) in [6.45, 7) is 11.5. The van der Waals surface area contributed by atoms with Crippen molar-refractivity contribution in [3.63, 3.8) is 0 Å². The predicted octanol–water partition coefficient (Wildman–Crippen LogP) is 2.91. The Morgan fingerprint density at radius 1 is 1.31 bits per heavy atom. The first kappa shape index (κ1) is 18.3. The second-order valence-corrected chi connectivity index (χ2v) is 5.29. The summed E-state index contributed by atoms with van der Waals surface area (Å²) in [6.07, 6.45) is 0.912. The standard InChI is InChI=1S/C12H26N3.Ni/c1-8-11(14-12(3,4)5)13-10(2)9-15(6)7;/h10H,8-9H2,1-7H3;/q-1;. The van der Waals surface area contributed by atoms with Crippen LogP contribution in [0.2, 0.25) is 0 Å². The molecule has 0 aliphatic heterocycles. The van der Waals surface area contributed by atoms with Crippen LogP contribution in [0.15, 0.2) is 4.99 Å². The number of rotatable bonds is 4. The van der Waals surface area contributed by atoms with Crippen molar-refractivity contribution in [1.82, 2.24) is 4.90 Å². The van der Waals surface area contributed by atoms with Gasteiger partial charge in [0.2, 0.25) is 0 Å². The van der Waals surface area contributed by atoms with Gasteiger partial charge in [-0.3, -0.25) is 0 Å². The number of aliphatic imine (C=N–C) groups is 1. The molecule has 0 bridgehead atoms. The Morgan fingerprint density at radius 3 is 2.12 bits per heavy atom. The van der Waals surface area contributed by atoms with Gasteiger partial charge < -0.3 is 15.2 Å². The van der Waals surface area contributed by atoms with E-state index in [-0.39, 0.29) is 22.0 Å². The molecule has 0 aromatic carbocycles. The van der Waals surface area contributed by atoms with E-state index in [0.29, 0.717) is 6.04 Å². The maximum absolute atomic E-state index is 4.63. The molecule has 0 aliphatic carbocycles. The van der Waals surface area contributed by atoms with Crippen molar-refractivity contribution in [2.45, 2.75) is 52.6 Å². The zero-order valence-electron chi connectivity index (χ0n) is 11.6. The third kappa shape index (κ3) is 10.4. The molecule has 0 rings (SSSR count). The molecule has 1 atom stereocenters. The molecule has 0 saturated heterocycles. The molecule has 16 heavy (non-hydrogen) atoms. The van der Waals surface area contributed by atoms with Gasteiger partial charge in [0, 0.05) is 16.5 Å². The van der Waals surface area contributed by atoms with Gasteiger partial charge in [-0.2, -0.15) is 0 Å². The Morgan fingerprint density at radius 2 is 1.81 bits per heavy atom. The van der Waals surface area contributed by atoms with Crippen molar-refractivity contribution in [1.29, 1.82) is 0 Å². The van der Waals surface area contributed by atoms with Gasteiger partial charge in [0.15, 0.2) is 0 Å². The fraction of sp³-hybridized carbons (Fsp3) is 0.917. The van der Waals surface area contributed by atoms with E-state index < -0.39 is 0 Å². The Bertz CT molecular complexity index is 207. The summed E-state index contributed by atoms with van der Waals surface area (Å²) in [7, 11) is 4.14. The smallest absolute Gasteiger partial charge is 0 e. The molecule has 0 aromatic rings. The quantitative estimate of drug-likeness (QED) is 0.439. The third-order valence-electron chi connectivity index (χ3n) is 1.78. The number of hydrogen-bond acceptors (Lipinski definition) is 2. The van der Waals surface area contributed by atoms with E-state index in [9.17, 15) is 0 Å². The normalized spacial score (nSPS) is 14.6. The maximum Gasteiger partial charge on any atom is 0 e. The summed E-state index contributed by atoms with van der Waals surface area (Å²) in [5, 5.41) is 4.63. The van der Waals surface area contributed by atoms with Gasteiger partial charge in [0.1, 0.15) is 0 Å². The Labute approximate surface area is 111 Å². The van der Waals surface area contributed by atoms with E-state index in [0.717, 1.165) is 18.8 Å². The van der Waals surface area contributed by atoms with Crippen molar-refractivity contribution in [3.8, 4) is 0 Å². The molecule has 0 aromatic heterocycles. The Balaban J connectivity index is 0. The predicted molar refractivity (Wildman–Crippen MR) is 68.9 cm³/mol. The zero-order chi connectivity index (χ0) is 12.1. The fourth-order valence-electron chi connectivity index (χ4n) is 1.41. The van der Waals surface area contributed by atoms with Crippen LogP contribution >= 0.6 is 0 Å². The van der Waals surface area contributed by atoms with Crippen molar-refractivity contribution in [3.05, 3.63) is 5.32 Å². The molecule has 100 valence electrons. The van der Waals surface area contributed by atoms with E-state index in [1.165, 1.54) is 0 Å². The number of nitrogens with zero attached hydrogens (tertiary/aromatic N) is 3. The van der Waals surface area contributed by atoms with Crippen LogP contribution in [-0.4, -0.2) is 43.0 Å². The maximum atomic E-state index is 4.63. The van der Waals surface area contributed by atoms with E-state index in [4.69, 9.17) is 0 Å². The van der Waals surface area contributed by atoms with E-state index in [2.05, 4.69) is 63.9 Å². The molecule has 3 nitrogen and oxygen atoms in total. The first-order valence-corrected chi connectivity index (χ1v) is 5.69. The van der Waals surface area contributed by atoms with E-state index in [1.54, 1.807) is 0 Å². The average Bonchev–Trinajstić information content (AvgIpc) is 1.98. The van der Waals surface area contributed by atoms with Crippen LogP contribution in [0.1, 0.15) is 41.0 Å². The Kier molecular flexibility index (Phi) is 9.24. The second-order valence-electron chi connectivity index (χ2n) is 5.29. The Hall–Kier alpha value is -0.0765. The molecule has 0 spiro atoms. The summed E-state index contributed by atoms with van der Waals surface area (Å²) in [4.78, 5) is 6.76. The largest absolute Gasteiger partial charge is 0.465 e. The van der Waals surface area contributed by atoms with Gasteiger partial charge in [0.25, 0.3) is 0 Å². The van der Waals surface area contributed by atoms with Crippen LogP contribution in [0.25, 0.3) is 5.32 Å². The minimum atomic E-state index is -0.0212. The number of amidine groups is 1.